The molecule has 0 aliphatic heterocycles. The molecule has 0 aromatic heterocycles. The summed E-state index contributed by atoms with van der Waals surface area (Å²) in [5.74, 6) is 0.257. The first-order valence-corrected chi connectivity index (χ1v) is 10.5. The van der Waals surface area contributed by atoms with E-state index in [2.05, 4.69) is 30.3 Å². The number of rotatable bonds is 9. The zero-order valence-electron chi connectivity index (χ0n) is 17.6. The van der Waals surface area contributed by atoms with Crippen molar-refractivity contribution in [3.63, 3.8) is 0 Å². The number of carbonyl (C=O) groups is 1. The van der Waals surface area contributed by atoms with E-state index in [9.17, 15) is 4.79 Å². The molecule has 4 rings (SSSR count). The molecular weight excluding hydrogens is 400 g/mol. The molecule has 0 saturated heterocycles. The third kappa shape index (κ3) is 5.76. The monoisotopic (exact) mass is 424 g/mol. The van der Waals surface area contributed by atoms with Crippen molar-refractivity contribution in [2.45, 2.75) is 13.0 Å². The SMILES string of the molecule is O=C(O)/C=C/c1ccc(OCc2ccccc2)cc1OCCc1ccc2ccccc2c1. The van der Waals surface area contributed by atoms with Crippen LogP contribution in [0.4, 0.5) is 0 Å². The minimum absolute atomic E-state index is 0.446. The van der Waals surface area contributed by atoms with Gasteiger partial charge in [-0.05, 0) is 40.1 Å². The van der Waals surface area contributed by atoms with Gasteiger partial charge in [0.05, 0.1) is 6.61 Å². The molecule has 160 valence electrons. The average Bonchev–Trinajstić information content (AvgIpc) is 2.82. The highest BCUT2D eigenvalue weighted by atomic mass is 16.5. The highest BCUT2D eigenvalue weighted by molar-refractivity contribution is 5.86. The Bertz CT molecular complexity index is 1230. The number of carboxylic acids is 1. The van der Waals surface area contributed by atoms with Crippen LogP contribution in [0, 0.1) is 0 Å². The maximum atomic E-state index is 11.0. The van der Waals surface area contributed by atoms with Crippen molar-refractivity contribution in [1.29, 1.82) is 0 Å². The van der Waals surface area contributed by atoms with E-state index in [-0.39, 0.29) is 0 Å². The summed E-state index contributed by atoms with van der Waals surface area (Å²) < 4.78 is 12.0. The van der Waals surface area contributed by atoms with E-state index in [0.717, 1.165) is 18.1 Å². The van der Waals surface area contributed by atoms with Crippen LogP contribution < -0.4 is 9.47 Å². The van der Waals surface area contributed by atoms with E-state index < -0.39 is 5.97 Å². The van der Waals surface area contributed by atoms with Crippen molar-refractivity contribution in [3.05, 3.63) is 114 Å². The second-order valence-electron chi connectivity index (χ2n) is 7.43. The minimum Gasteiger partial charge on any atom is -0.492 e. The Kier molecular flexibility index (Phi) is 6.83. The van der Waals surface area contributed by atoms with E-state index >= 15 is 0 Å². The molecule has 0 saturated carbocycles. The third-order valence-corrected chi connectivity index (χ3v) is 5.10. The van der Waals surface area contributed by atoms with E-state index in [1.54, 1.807) is 0 Å². The summed E-state index contributed by atoms with van der Waals surface area (Å²) in [5.41, 5.74) is 2.95. The molecule has 0 amide bonds. The van der Waals surface area contributed by atoms with E-state index in [1.165, 1.54) is 22.4 Å². The molecule has 4 heteroatoms. The Morgan fingerprint density at radius 1 is 0.781 bits per heavy atom. The van der Waals surface area contributed by atoms with Gasteiger partial charge >= 0.3 is 5.97 Å². The fraction of sp³-hybridized carbons (Fsp3) is 0.107. The molecule has 0 aliphatic rings. The van der Waals surface area contributed by atoms with Crippen molar-refractivity contribution < 1.29 is 19.4 Å². The van der Waals surface area contributed by atoms with Gasteiger partial charge in [-0.3, -0.25) is 0 Å². The number of hydrogen-bond acceptors (Lipinski definition) is 3. The molecule has 0 fully saturated rings. The van der Waals surface area contributed by atoms with Gasteiger partial charge in [-0.15, -0.1) is 0 Å². The summed E-state index contributed by atoms with van der Waals surface area (Å²) in [6.07, 6.45) is 3.38. The Morgan fingerprint density at radius 3 is 2.38 bits per heavy atom. The van der Waals surface area contributed by atoms with Crippen molar-refractivity contribution in [2.24, 2.45) is 0 Å². The molecule has 4 nitrogen and oxygen atoms in total. The highest BCUT2D eigenvalue weighted by Crippen LogP contribution is 2.27. The van der Waals surface area contributed by atoms with Crippen LogP contribution in [0.5, 0.6) is 11.5 Å². The van der Waals surface area contributed by atoms with Crippen LogP contribution in [0.25, 0.3) is 16.8 Å². The Labute approximate surface area is 187 Å². The topological polar surface area (TPSA) is 55.8 Å². The number of ether oxygens (including phenoxy) is 2. The predicted molar refractivity (Wildman–Crippen MR) is 127 cm³/mol. The molecule has 0 spiro atoms. The Hall–Kier alpha value is -4.05. The van der Waals surface area contributed by atoms with Gasteiger partial charge < -0.3 is 14.6 Å². The molecule has 0 radical (unpaired) electrons. The number of carboxylic acid groups (broad SMARTS) is 1. The average molecular weight is 424 g/mol. The maximum Gasteiger partial charge on any atom is 0.328 e. The van der Waals surface area contributed by atoms with E-state index in [1.807, 2.05) is 60.7 Å². The molecule has 1 N–H and O–H groups in total. The summed E-state index contributed by atoms with van der Waals surface area (Å²) in [6.45, 7) is 0.913. The van der Waals surface area contributed by atoms with Crippen molar-refractivity contribution in [3.8, 4) is 11.5 Å². The summed E-state index contributed by atoms with van der Waals surface area (Å²) in [7, 11) is 0. The smallest absolute Gasteiger partial charge is 0.328 e. The molecule has 32 heavy (non-hydrogen) atoms. The second kappa shape index (κ2) is 10.3. The minimum atomic E-state index is -1.00. The van der Waals surface area contributed by atoms with Crippen LogP contribution in [0.15, 0.2) is 97.1 Å². The number of fused-ring (bicyclic) bond motifs is 1. The lowest BCUT2D eigenvalue weighted by Crippen LogP contribution is -2.03. The molecule has 0 bridgehead atoms. The van der Waals surface area contributed by atoms with Gasteiger partial charge in [0.25, 0.3) is 0 Å². The first kappa shape index (κ1) is 21.2. The highest BCUT2D eigenvalue weighted by Gasteiger charge is 2.06. The molecular formula is C28H24O4. The molecule has 0 aliphatic carbocycles. The molecule has 4 aromatic rings. The van der Waals surface area contributed by atoms with Gasteiger partial charge in [-0.25, -0.2) is 4.79 Å². The number of aliphatic carboxylic acids is 1. The van der Waals surface area contributed by atoms with Gasteiger partial charge in [-0.1, -0.05) is 72.8 Å². The maximum absolute atomic E-state index is 11.0. The molecule has 4 aromatic carbocycles. The van der Waals surface area contributed by atoms with Gasteiger partial charge in [-0.2, -0.15) is 0 Å². The fourth-order valence-corrected chi connectivity index (χ4v) is 3.44. The summed E-state index contributed by atoms with van der Waals surface area (Å²) in [5, 5.41) is 11.4. The lowest BCUT2D eigenvalue weighted by Gasteiger charge is -2.13. The Balaban J connectivity index is 1.46. The standard InChI is InChI=1S/C28H24O4/c29-28(30)15-13-24-12-14-26(32-20-22-6-2-1-3-7-22)19-27(24)31-17-16-21-10-11-23-8-4-5-9-25(23)18-21/h1-15,18-19H,16-17,20H2,(H,29,30)/b15-13+. The number of benzene rings is 4. The van der Waals surface area contributed by atoms with Gasteiger partial charge in [0, 0.05) is 24.1 Å². The van der Waals surface area contributed by atoms with Crippen LogP contribution in [-0.4, -0.2) is 17.7 Å². The van der Waals surface area contributed by atoms with Crippen LogP contribution in [-0.2, 0) is 17.8 Å². The van der Waals surface area contributed by atoms with Crippen LogP contribution >= 0.6 is 0 Å². The lowest BCUT2D eigenvalue weighted by molar-refractivity contribution is -0.131. The molecule has 0 heterocycles. The largest absolute Gasteiger partial charge is 0.492 e. The summed E-state index contributed by atoms with van der Waals surface area (Å²) in [4.78, 5) is 11.0. The van der Waals surface area contributed by atoms with E-state index in [0.29, 0.717) is 30.3 Å². The predicted octanol–water partition coefficient (Wildman–Crippen LogP) is 6.14. The Morgan fingerprint density at radius 2 is 1.56 bits per heavy atom. The summed E-state index contributed by atoms with van der Waals surface area (Å²) >= 11 is 0. The lowest BCUT2D eigenvalue weighted by atomic mass is 10.1. The molecule has 0 unspecified atom stereocenters. The van der Waals surface area contributed by atoms with Crippen molar-refractivity contribution >= 4 is 22.8 Å². The van der Waals surface area contributed by atoms with Crippen molar-refractivity contribution in [1.82, 2.24) is 0 Å². The van der Waals surface area contributed by atoms with Gasteiger partial charge in [0.2, 0.25) is 0 Å². The third-order valence-electron chi connectivity index (χ3n) is 5.10. The summed E-state index contributed by atoms with van der Waals surface area (Å²) in [6, 6.07) is 30.0. The second-order valence-corrected chi connectivity index (χ2v) is 7.43. The van der Waals surface area contributed by atoms with Crippen LogP contribution in [0.2, 0.25) is 0 Å². The first-order valence-electron chi connectivity index (χ1n) is 10.5. The normalized spacial score (nSPS) is 11.0. The quantitative estimate of drug-likeness (QED) is 0.328. The van der Waals surface area contributed by atoms with Gasteiger partial charge in [0.15, 0.2) is 0 Å². The van der Waals surface area contributed by atoms with Crippen LogP contribution in [0.3, 0.4) is 0 Å². The first-order chi connectivity index (χ1) is 15.7. The van der Waals surface area contributed by atoms with Crippen molar-refractivity contribution in [2.75, 3.05) is 6.61 Å². The zero-order chi connectivity index (χ0) is 22.2. The van der Waals surface area contributed by atoms with Crippen LogP contribution in [0.1, 0.15) is 16.7 Å². The number of hydrogen-bond donors (Lipinski definition) is 1. The fourth-order valence-electron chi connectivity index (χ4n) is 3.44. The zero-order valence-corrected chi connectivity index (χ0v) is 17.6. The van der Waals surface area contributed by atoms with E-state index in [4.69, 9.17) is 14.6 Å². The molecule has 0 atom stereocenters. The van der Waals surface area contributed by atoms with Gasteiger partial charge in [0.1, 0.15) is 18.1 Å².